The van der Waals surface area contributed by atoms with Gasteiger partial charge in [0.05, 0.1) is 18.6 Å². The summed E-state index contributed by atoms with van der Waals surface area (Å²) in [6.45, 7) is 2.23. The van der Waals surface area contributed by atoms with E-state index in [2.05, 4.69) is 15.3 Å². The van der Waals surface area contributed by atoms with Crippen LogP contribution in [0.25, 0.3) is 0 Å². The maximum absolute atomic E-state index is 11.2. The van der Waals surface area contributed by atoms with Crippen molar-refractivity contribution in [3.05, 3.63) is 48.0 Å². The average molecular weight is 215 g/mol. The van der Waals surface area contributed by atoms with Gasteiger partial charge in [0.2, 0.25) is 0 Å². The van der Waals surface area contributed by atoms with Gasteiger partial charge in [0, 0.05) is 17.4 Å². The number of anilines is 1. The van der Waals surface area contributed by atoms with Gasteiger partial charge in [-0.3, -0.25) is 4.79 Å². The molecule has 0 spiro atoms. The lowest BCUT2D eigenvalue weighted by Gasteiger charge is -2.05. The molecule has 0 radical (unpaired) electrons. The Bertz CT molecular complexity index is 477. The maximum atomic E-state index is 11.2. The van der Waals surface area contributed by atoms with Crippen LogP contribution in [0.15, 0.2) is 36.8 Å². The largest absolute Gasteiger partial charge is 0.379 e. The van der Waals surface area contributed by atoms with Gasteiger partial charge in [-0.15, -0.1) is 0 Å². The van der Waals surface area contributed by atoms with E-state index in [4.69, 9.17) is 0 Å². The average Bonchev–Trinajstić information content (AvgIpc) is 2.79. The predicted molar refractivity (Wildman–Crippen MR) is 62.4 cm³/mol. The van der Waals surface area contributed by atoms with Gasteiger partial charge in [-0.25, -0.2) is 4.98 Å². The van der Waals surface area contributed by atoms with Gasteiger partial charge in [-0.1, -0.05) is 12.1 Å². The first-order valence-electron chi connectivity index (χ1n) is 5.08. The molecule has 2 N–H and O–H groups in total. The van der Waals surface area contributed by atoms with Crippen LogP contribution in [0.5, 0.6) is 0 Å². The molecule has 1 aromatic heterocycles. The van der Waals surface area contributed by atoms with Crippen LogP contribution in [-0.2, 0) is 6.54 Å². The highest BCUT2D eigenvalue weighted by atomic mass is 16.1. The van der Waals surface area contributed by atoms with Crippen molar-refractivity contribution in [2.45, 2.75) is 13.5 Å². The first kappa shape index (κ1) is 10.4. The number of benzene rings is 1. The lowest BCUT2D eigenvalue weighted by Crippen LogP contribution is -2.01. The van der Waals surface area contributed by atoms with Crippen LogP contribution < -0.4 is 5.32 Å². The Kier molecular flexibility index (Phi) is 3.00. The Balaban J connectivity index is 2.04. The maximum Gasteiger partial charge on any atom is 0.159 e. The van der Waals surface area contributed by atoms with Gasteiger partial charge >= 0.3 is 0 Å². The van der Waals surface area contributed by atoms with E-state index in [-0.39, 0.29) is 5.78 Å². The molecule has 0 unspecified atom stereocenters. The topological polar surface area (TPSA) is 57.8 Å². The number of imidazole rings is 1. The molecule has 0 saturated heterocycles. The van der Waals surface area contributed by atoms with Crippen LogP contribution in [0.3, 0.4) is 0 Å². The molecule has 82 valence electrons. The smallest absolute Gasteiger partial charge is 0.159 e. The highest BCUT2D eigenvalue weighted by Crippen LogP contribution is 2.11. The van der Waals surface area contributed by atoms with E-state index < -0.39 is 0 Å². The summed E-state index contributed by atoms with van der Waals surface area (Å²) in [4.78, 5) is 18.1. The molecule has 16 heavy (non-hydrogen) atoms. The van der Waals surface area contributed by atoms with Crippen molar-refractivity contribution in [1.29, 1.82) is 0 Å². The molecule has 0 aliphatic heterocycles. The number of aromatic nitrogens is 2. The molecule has 2 aromatic rings. The lowest BCUT2D eigenvalue weighted by molar-refractivity contribution is 0.101. The number of Topliss-reactive ketones (excluding diaryl/α,β-unsaturated/α-hetero) is 1. The minimum atomic E-state index is 0.0743. The van der Waals surface area contributed by atoms with Gasteiger partial charge in [0.25, 0.3) is 0 Å². The zero-order chi connectivity index (χ0) is 11.4. The number of aromatic amines is 1. The molecule has 0 bridgehead atoms. The Morgan fingerprint density at radius 2 is 2.38 bits per heavy atom. The fourth-order valence-corrected chi connectivity index (χ4v) is 1.43. The molecular weight excluding hydrogens is 202 g/mol. The van der Waals surface area contributed by atoms with Crippen molar-refractivity contribution >= 4 is 11.5 Å². The molecule has 0 saturated carbocycles. The summed E-state index contributed by atoms with van der Waals surface area (Å²) < 4.78 is 0. The van der Waals surface area contributed by atoms with Crippen molar-refractivity contribution in [2.24, 2.45) is 0 Å². The molecule has 4 nitrogen and oxygen atoms in total. The molecule has 0 aliphatic carbocycles. The second-order valence-electron chi connectivity index (χ2n) is 3.57. The number of rotatable bonds is 4. The standard InChI is InChI=1S/C12H13N3O/c1-9(16)10-3-2-4-11(5-10)14-7-12-6-13-8-15-12/h2-6,8,14H,7H2,1H3,(H,13,15). The van der Waals surface area contributed by atoms with E-state index in [0.29, 0.717) is 6.54 Å². The zero-order valence-corrected chi connectivity index (χ0v) is 9.03. The second-order valence-corrected chi connectivity index (χ2v) is 3.57. The number of hydrogen-bond acceptors (Lipinski definition) is 3. The number of H-pyrrole nitrogens is 1. The van der Waals surface area contributed by atoms with E-state index in [0.717, 1.165) is 16.9 Å². The summed E-state index contributed by atoms with van der Waals surface area (Å²) in [5.74, 6) is 0.0743. The minimum Gasteiger partial charge on any atom is -0.379 e. The number of ketones is 1. The summed E-state index contributed by atoms with van der Waals surface area (Å²) in [5, 5.41) is 3.22. The Morgan fingerprint density at radius 1 is 1.50 bits per heavy atom. The Morgan fingerprint density at radius 3 is 3.06 bits per heavy atom. The summed E-state index contributed by atoms with van der Waals surface area (Å²) in [6.07, 6.45) is 3.41. The molecular formula is C12H13N3O. The van der Waals surface area contributed by atoms with E-state index in [9.17, 15) is 4.79 Å². The van der Waals surface area contributed by atoms with Crippen LogP contribution in [0, 0.1) is 0 Å². The van der Waals surface area contributed by atoms with Gasteiger partial charge in [-0.2, -0.15) is 0 Å². The minimum absolute atomic E-state index is 0.0743. The molecule has 0 fully saturated rings. The van der Waals surface area contributed by atoms with Crippen LogP contribution in [0.2, 0.25) is 0 Å². The van der Waals surface area contributed by atoms with Crippen molar-refractivity contribution in [3.8, 4) is 0 Å². The van der Waals surface area contributed by atoms with E-state index in [1.807, 2.05) is 24.3 Å². The fourth-order valence-electron chi connectivity index (χ4n) is 1.43. The second kappa shape index (κ2) is 4.61. The number of hydrogen-bond donors (Lipinski definition) is 2. The quantitative estimate of drug-likeness (QED) is 0.769. The van der Waals surface area contributed by atoms with Crippen LogP contribution in [0.4, 0.5) is 5.69 Å². The normalized spacial score (nSPS) is 10.1. The number of nitrogens with zero attached hydrogens (tertiary/aromatic N) is 1. The Hall–Kier alpha value is -2.10. The van der Waals surface area contributed by atoms with E-state index in [1.165, 1.54) is 0 Å². The SMILES string of the molecule is CC(=O)c1cccc(NCc2cnc[nH]2)c1. The monoisotopic (exact) mass is 215 g/mol. The highest BCUT2D eigenvalue weighted by Gasteiger charge is 2.00. The van der Waals surface area contributed by atoms with Crippen molar-refractivity contribution < 1.29 is 4.79 Å². The number of carbonyl (C=O) groups excluding carboxylic acids is 1. The first-order chi connectivity index (χ1) is 7.75. The summed E-state index contributed by atoms with van der Waals surface area (Å²) >= 11 is 0. The molecule has 0 atom stereocenters. The number of nitrogens with one attached hydrogen (secondary N) is 2. The third kappa shape index (κ3) is 2.48. The molecule has 1 aromatic carbocycles. The van der Waals surface area contributed by atoms with Gasteiger partial charge < -0.3 is 10.3 Å². The van der Waals surface area contributed by atoms with Gasteiger partial charge in [-0.05, 0) is 19.1 Å². The van der Waals surface area contributed by atoms with E-state index in [1.54, 1.807) is 19.4 Å². The zero-order valence-electron chi connectivity index (χ0n) is 9.03. The lowest BCUT2D eigenvalue weighted by atomic mass is 10.1. The highest BCUT2D eigenvalue weighted by molar-refractivity contribution is 5.94. The number of carbonyl (C=O) groups is 1. The summed E-state index contributed by atoms with van der Waals surface area (Å²) in [7, 11) is 0. The van der Waals surface area contributed by atoms with Crippen LogP contribution >= 0.6 is 0 Å². The van der Waals surface area contributed by atoms with Crippen molar-refractivity contribution in [1.82, 2.24) is 9.97 Å². The van der Waals surface area contributed by atoms with Crippen LogP contribution in [0.1, 0.15) is 23.0 Å². The van der Waals surface area contributed by atoms with E-state index >= 15 is 0 Å². The molecule has 0 aliphatic rings. The molecule has 1 heterocycles. The van der Waals surface area contributed by atoms with Gasteiger partial charge in [0.15, 0.2) is 5.78 Å². The summed E-state index contributed by atoms with van der Waals surface area (Å²) in [5.41, 5.74) is 2.66. The molecule has 2 rings (SSSR count). The summed E-state index contributed by atoms with van der Waals surface area (Å²) in [6, 6.07) is 7.46. The molecule has 0 amide bonds. The molecule has 4 heteroatoms. The third-order valence-corrected chi connectivity index (χ3v) is 2.31. The van der Waals surface area contributed by atoms with Crippen molar-refractivity contribution in [3.63, 3.8) is 0 Å². The van der Waals surface area contributed by atoms with Gasteiger partial charge in [0.1, 0.15) is 0 Å². The Labute approximate surface area is 93.7 Å². The van der Waals surface area contributed by atoms with Crippen molar-refractivity contribution in [2.75, 3.05) is 5.32 Å². The fraction of sp³-hybridized carbons (Fsp3) is 0.167. The third-order valence-electron chi connectivity index (χ3n) is 2.31. The predicted octanol–water partition coefficient (Wildman–Crippen LogP) is 2.22. The van der Waals surface area contributed by atoms with Crippen LogP contribution in [-0.4, -0.2) is 15.8 Å². The first-order valence-corrected chi connectivity index (χ1v) is 5.08.